The molecular formula is C13H18N2O3. The van der Waals surface area contributed by atoms with Gasteiger partial charge in [-0.1, -0.05) is 0 Å². The maximum absolute atomic E-state index is 12.0. The molecule has 5 nitrogen and oxygen atoms in total. The Kier molecular flexibility index (Phi) is 4.04. The molecule has 2 rings (SSSR count). The van der Waals surface area contributed by atoms with Gasteiger partial charge < -0.3 is 20.5 Å². The molecule has 1 saturated heterocycles. The number of ether oxygens (including phenoxy) is 2. The van der Waals surface area contributed by atoms with Gasteiger partial charge in [0.15, 0.2) is 0 Å². The van der Waals surface area contributed by atoms with Crippen molar-refractivity contribution in [1.82, 2.24) is 0 Å². The minimum Gasteiger partial charge on any atom is -0.497 e. The molecule has 98 valence electrons. The van der Waals surface area contributed by atoms with Crippen LogP contribution in [0.1, 0.15) is 19.3 Å². The smallest absolute Gasteiger partial charge is 0.253 e. The van der Waals surface area contributed by atoms with Crippen LogP contribution in [0.4, 0.5) is 11.4 Å². The van der Waals surface area contributed by atoms with Crippen molar-refractivity contribution in [2.24, 2.45) is 0 Å². The number of anilines is 2. The Morgan fingerprint density at radius 2 is 2.33 bits per heavy atom. The van der Waals surface area contributed by atoms with E-state index < -0.39 is 0 Å². The number of benzene rings is 1. The van der Waals surface area contributed by atoms with Gasteiger partial charge in [-0.3, -0.25) is 4.79 Å². The van der Waals surface area contributed by atoms with Crippen LogP contribution in [0.3, 0.4) is 0 Å². The van der Waals surface area contributed by atoms with Crippen molar-refractivity contribution in [2.45, 2.75) is 25.4 Å². The van der Waals surface area contributed by atoms with Crippen LogP contribution in [0.25, 0.3) is 0 Å². The third-order valence-electron chi connectivity index (χ3n) is 2.99. The number of nitrogen functional groups attached to an aromatic ring is 1. The van der Waals surface area contributed by atoms with Crippen LogP contribution in [0.2, 0.25) is 0 Å². The van der Waals surface area contributed by atoms with E-state index in [0.717, 1.165) is 19.3 Å². The molecule has 18 heavy (non-hydrogen) atoms. The molecule has 1 unspecified atom stereocenters. The maximum Gasteiger partial charge on any atom is 0.253 e. The zero-order valence-electron chi connectivity index (χ0n) is 10.4. The average molecular weight is 250 g/mol. The van der Waals surface area contributed by atoms with Gasteiger partial charge in [-0.05, 0) is 31.4 Å². The number of hydrogen-bond donors (Lipinski definition) is 2. The molecule has 1 aliphatic rings. The van der Waals surface area contributed by atoms with Gasteiger partial charge in [0.25, 0.3) is 5.91 Å². The predicted molar refractivity (Wildman–Crippen MR) is 69.6 cm³/mol. The Hall–Kier alpha value is -1.75. The molecule has 1 aromatic rings. The number of rotatable bonds is 3. The van der Waals surface area contributed by atoms with E-state index in [1.54, 1.807) is 25.3 Å². The molecule has 0 aliphatic carbocycles. The van der Waals surface area contributed by atoms with Crippen molar-refractivity contribution >= 4 is 17.3 Å². The van der Waals surface area contributed by atoms with Gasteiger partial charge in [0.05, 0.1) is 18.5 Å². The zero-order valence-corrected chi connectivity index (χ0v) is 10.4. The largest absolute Gasteiger partial charge is 0.497 e. The first-order chi connectivity index (χ1) is 8.70. The first kappa shape index (κ1) is 12.7. The van der Waals surface area contributed by atoms with Crippen LogP contribution in [-0.4, -0.2) is 25.7 Å². The van der Waals surface area contributed by atoms with Gasteiger partial charge >= 0.3 is 0 Å². The lowest BCUT2D eigenvalue weighted by molar-refractivity contribution is -0.129. The summed E-state index contributed by atoms with van der Waals surface area (Å²) in [6.07, 6.45) is 2.45. The molecule has 5 heteroatoms. The Bertz CT molecular complexity index is 428. The molecule has 0 aromatic heterocycles. The highest BCUT2D eigenvalue weighted by molar-refractivity contribution is 5.96. The molecule has 3 N–H and O–H groups in total. The topological polar surface area (TPSA) is 73.6 Å². The standard InChI is InChI=1S/C13H18N2O3/c1-17-9-5-6-11(10(14)8-9)15-13(16)12-4-2-3-7-18-12/h5-6,8,12H,2-4,7,14H2,1H3,(H,15,16). The van der Waals surface area contributed by atoms with Gasteiger partial charge in [-0.15, -0.1) is 0 Å². The highest BCUT2D eigenvalue weighted by Crippen LogP contribution is 2.25. The molecule has 1 aromatic carbocycles. The second-order valence-electron chi connectivity index (χ2n) is 4.30. The van der Waals surface area contributed by atoms with Crippen molar-refractivity contribution in [3.8, 4) is 5.75 Å². The number of nitrogens with one attached hydrogen (secondary N) is 1. The van der Waals surface area contributed by atoms with Gasteiger partial charge in [-0.2, -0.15) is 0 Å². The molecule has 0 saturated carbocycles. The van der Waals surface area contributed by atoms with Crippen molar-refractivity contribution < 1.29 is 14.3 Å². The predicted octanol–water partition coefficient (Wildman–Crippen LogP) is 1.78. The second-order valence-corrected chi connectivity index (χ2v) is 4.30. The Balaban J connectivity index is 2.02. The fraction of sp³-hybridized carbons (Fsp3) is 0.462. The summed E-state index contributed by atoms with van der Waals surface area (Å²) in [7, 11) is 1.57. The van der Waals surface area contributed by atoms with Crippen molar-refractivity contribution in [2.75, 3.05) is 24.8 Å². The lowest BCUT2D eigenvalue weighted by Crippen LogP contribution is -2.33. The van der Waals surface area contributed by atoms with Crippen LogP contribution >= 0.6 is 0 Å². The summed E-state index contributed by atoms with van der Waals surface area (Å²) in [6, 6.07) is 5.17. The third kappa shape index (κ3) is 2.92. The fourth-order valence-corrected chi connectivity index (χ4v) is 1.94. The van der Waals surface area contributed by atoms with E-state index in [0.29, 0.717) is 23.7 Å². The van der Waals surface area contributed by atoms with Crippen LogP contribution in [0, 0.1) is 0 Å². The van der Waals surface area contributed by atoms with Crippen molar-refractivity contribution in [1.29, 1.82) is 0 Å². The number of amides is 1. The second kappa shape index (κ2) is 5.73. The number of nitrogens with two attached hydrogens (primary N) is 1. The third-order valence-corrected chi connectivity index (χ3v) is 2.99. The molecular weight excluding hydrogens is 232 g/mol. The summed E-state index contributed by atoms with van der Waals surface area (Å²) in [5.74, 6) is 0.533. The highest BCUT2D eigenvalue weighted by atomic mass is 16.5. The Labute approximate surface area is 106 Å². The molecule has 0 bridgehead atoms. The summed E-state index contributed by atoms with van der Waals surface area (Å²) >= 11 is 0. The number of carbonyl (C=O) groups is 1. The quantitative estimate of drug-likeness (QED) is 0.802. The maximum atomic E-state index is 12.0. The van der Waals surface area contributed by atoms with Crippen LogP contribution in [-0.2, 0) is 9.53 Å². The van der Waals surface area contributed by atoms with Gasteiger partial charge in [0.2, 0.25) is 0 Å². The summed E-state index contributed by atoms with van der Waals surface area (Å²) in [4.78, 5) is 12.0. The van der Waals surface area contributed by atoms with Gasteiger partial charge in [0, 0.05) is 12.7 Å². The Morgan fingerprint density at radius 3 is 2.94 bits per heavy atom. The summed E-state index contributed by atoms with van der Waals surface area (Å²) in [5.41, 5.74) is 6.92. The summed E-state index contributed by atoms with van der Waals surface area (Å²) in [6.45, 7) is 0.649. The van der Waals surface area contributed by atoms with E-state index in [4.69, 9.17) is 15.2 Å². The average Bonchev–Trinajstić information content (AvgIpc) is 2.42. The van der Waals surface area contributed by atoms with Crippen LogP contribution in [0.15, 0.2) is 18.2 Å². The van der Waals surface area contributed by atoms with Crippen LogP contribution in [0.5, 0.6) is 5.75 Å². The normalized spacial score (nSPS) is 19.3. The summed E-state index contributed by atoms with van der Waals surface area (Å²) < 4.78 is 10.5. The monoisotopic (exact) mass is 250 g/mol. The summed E-state index contributed by atoms with van der Waals surface area (Å²) in [5, 5.41) is 2.79. The molecule has 1 atom stereocenters. The lowest BCUT2D eigenvalue weighted by Gasteiger charge is -2.22. The van der Waals surface area contributed by atoms with E-state index in [-0.39, 0.29) is 12.0 Å². The zero-order chi connectivity index (χ0) is 13.0. The minimum absolute atomic E-state index is 0.133. The van der Waals surface area contributed by atoms with E-state index in [2.05, 4.69) is 5.32 Å². The highest BCUT2D eigenvalue weighted by Gasteiger charge is 2.22. The van der Waals surface area contributed by atoms with E-state index >= 15 is 0 Å². The van der Waals surface area contributed by atoms with E-state index in [1.165, 1.54) is 0 Å². The fourth-order valence-electron chi connectivity index (χ4n) is 1.94. The molecule has 0 radical (unpaired) electrons. The van der Waals surface area contributed by atoms with Gasteiger partial charge in [-0.25, -0.2) is 0 Å². The van der Waals surface area contributed by atoms with Gasteiger partial charge in [0.1, 0.15) is 11.9 Å². The lowest BCUT2D eigenvalue weighted by atomic mass is 10.1. The molecule has 1 fully saturated rings. The number of hydrogen-bond acceptors (Lipinski definition) is 4. The number of carbonyl (C=O) groups excluding carboxylic acids is 1. The molecule has 1 aliphatic heterocycles. The molecule has 0 spiro atoms. The first-order valence-electron chi connectivity index (χ1n) is 6.06. The SMILES string of the molecule is COc1ccc(NC(=O)C2CCCCO2)c(N)c1. The van der Waals surface area contributed by atoms with Crippen molar-refractivity contribution in [3.63, 3.8) is 0 Å². The Morgan fingerprint density at radius 1 is 1.50 bits per heavy atom. The molecule has 1 amide bonds. The first-order valence-corrected chi connectivity index (χ1v) is 6.06. The molecule has 1 heterocycles. The van der Waals surface area contributed by atoms with E-state index in [9.17, 15) is 4.79 Å². The minimum atomic E-state index is -0.361. The van der Waals surface area contributed by atoms with Crippen LogP contribution < -0.4 is 15.8 Å². The van der Waals surface area contributed by atoms with E-state index in [1.807, 2.05) is 0 Å². The van der Waals surface area contributed by atoms with Crippen molar-refractivity contribution in [3.05, 3.63) is 18.2 Å². The number of methoxy groups -OCH3 is 1.